The van der Waals surface area contributed by atoms with Gasteiger partial charge in [0.1, 0.15) is 10.6 Å². The molecule has 0 aliphatic heterocycles. The first kappa shape index (κ1) is 15.7. The van der Waals surface area contributed by atoms with Crippen molar-refractivity contribution in [1.82, 2.24) is 19.9 Å². The maximum absolute atomic E-state index is 13.2. The average Bonchev–Trinajstić information content (AvgIpc) is 3.30. The van der Waals surface area contributed by atoms with Crippen LogP contribution in [0.1, 0.15) is 30.8 Å². The van der Waals surface area contributed by atoms with E-state index in [1.165, 1.54) is 23.5 Å². The summed E-state index contributed by atoms with van der Waals surface area (Å²) in [4.78, 5) is 6.35. The predicted octanol–water partition coefficient (Wildman–Crippen LogP) is 3.92. The summed E-state index contributed by atoms with van der Waals surface area (Å²) in [6.45, 7) is 1.95. The van der Waals surface area contributed by atoms with Gasteiger partial charge in [0.2, 0.25) is 0 Å². The van der Waals surface area contributed by atoms with Crippen LogP contribution in [-0.4, -0.2) is 19.9 Å². The third-order valence-electron chi connectivity index (χ3n) is 4.94. The average molecular weight is 369 g/mol. The molecular weight excluding hydrogens is 353 g/mol. The van der Waals surface area contributed by atoms with E-state index in [1.807, 2.05) is 17.7 Å². The van der Waals surface area contributed by atoms with Crippen molar-refractivity contribution < 1.29 is 8.91 Å². The van der Waals surface area contributed by atoms with E-state index in [9.17, 15) is 4.39 Å². The first-order chi connectivity index (χ1) is 12.5. The number of hydrogen-bond acceptors (Lipinski definition) is 6. The van der Waals surface area contributed by atoms with E-state index in [1.54, 1.807) is 12.1 Å². The first-order valence-corrected chi connectivity index (χ1v) is 9.24. The number of aryl methyl sites for hydroxylation is 1. The van der Waals surface area contributed by atoms with Crippen LogP contribution in [0.2, 0.25) is 0 Å². The van der Waals surface area contributed by atoms with Gasteiger partial charge in [0.25, 0.3) is 5.89 Å². The summed E-state index contributed by atoms with van der Waals surface area (Å²) in [5, 5.41) is 9.67. The molecule has 0 amide bonds. The highest BCUT2D eigenvalue weighted by molar-refractivity contribution is 7.21. The molecule has 0 unspecified atom stereocenters. The highest BCUT2D eigenvalue weighted by atomic mass is 32.1. The minimum atomic E-state index is -0.445. The number of nitrogens with zero attached hydrogens (tertiary/aromatic N) is 4. The van der Waals surface area contributed by atoms with Gasteiger partial charge in [-0.25, -0.2) is 9.07 Å². The summed E-state index contributed by atoms with van der Waals surface area (Å²) in [6.07, 6.45) is 2.87. The molecule has 5 rings (SSSR count). The van der Waals surface area contributed by atoms with Crippen molar-refractivity contribution in [3.8, 4) is 16.5 Å². The number of rotatable bonds is 3. The zero-order valence-electron chi connectivity index (χ0n) is 14.1. The molecule has 1 aliphatic rings. The Morgan fingerprint density at radius 1 is 1.27 bits per heavy atom. The maximum Gasteiger partial charge on any atom is 0.268 e. The molecule has 8 heteroatoms. The zero-order valence-corrected chi connectivity index (χ0v) is 14.9. The summed E-state index contributed by atoms with van der Waals surface area (Å²) >= 11 is 1.52. The molecule has 0 bridgehead atoms. The molecule has 132 valence electrons. The van der Waals surface area contributed by atoms with Crippen LogP contribution in [0, 0.1) is 12.7 Å². The number of fused-ring (bicyclic) bond motifs is 1. The van der Waals surface area contributed by atoms with Gasteiger partial charge in [0, 0.05) is 5.39 Å². The van der Waals surface area contributed by atoms with Gasteiger partial charge in [-0.15, -0.1) is 11.3 Å². The van der Waals surface area contributed by atoms with Gasteiger partial charge in [0.15, 0.2) is 5.82 Å². The Bertz CT molecular complexity index is 1110. The number of thiophene rings is 1. The van der Waals surface area contributed by atoms with Crippen molar-refractivity contribution in [3.63, 3.8) is 0 Å². The molecule has 1 saturated carbocycles. The van der Waals surface area contributed by atoms with Crippen molar-refractivity contribution >= 4 is 21.6 Å². The standard InChI is InChI=1S/C18H16FN5OS/c1-10-13-9-14(15-21-17(23-25-15)18(20)7-2-8-18)26-16(13)24(22-10)12-5-3-11(19)4-6-12/h3-6,9H,2,7-8,20H2,1H3. The van der Waals surface area contributed by atoms with Crippen LogP contribution >= 0.6 is 11.3 Å². The number of hydrogen-bond donors (Lipinski definition) is 1. The second kappa shape index (κ2) is 5.46. The Morgan fingerprint density at radius 3 is 2.73 bits per heavy atom. The van der Waals surface area contributed by atoms with Crippen LogP contribution in [0.3, 0.4) is 0 Å². The van der Waals surface area contributed by atoms with E-state index >= 15 is 0 Å². The van der Waals surface area contributed by atoms with Crippen molar-refractivity contribution in [2.45, 2.75) is 31.7 Å². The Labute approximate surface area is 152 Å². The van der Waals surface area contributed by atoms with E-state index in [-0.39, 0.29) is 5.82 Å². The molecule has 3 aromatic heterocycles. The molecule has 0 saturated heterocycles. The molecule has 0 spiro atoms. The predicted molar refractivity (Wildman–Crippen MR) is 96.7 cm³/mol. The Balaban J connectivity index is 1.58. The van der Waals surface area contributed by atoms with Crippen LogP contribution in [0.25, 0.3) is 26.7 Å². The summed E-state index contributed by atoms with van der Waals surface area (Å²) in [6, 6.07) is 8.27. The fourth-order valence-corrected chi connectivity index (χ4v) is 4.32. The lowest BCUT2D eigenvalue weighted by atomic mass is 9.77. The minimum Gasteiger partial charge on any atom is -0.333 e. The lowest BCUT2D eigenvalue weighted by Crippen LogP contribution is -2.44. The Hall–Kier alpha value is -2.58. The summed E-state index contributed by atoms with van der Waals surface area (Å²) in [5.74, 6) is 0.780. The van der Waals surface area contributed by atoms with Crippen LogP contribution in [0.4, 0.5) is 4.39 Å². The van der Waals surface area contributed by atoms with Crippen LogP contribution < -0.4 is 5.73 Å². The van der Waals surface area contributed by atoms with Gasteiger partial charge >= 0.3 is 0 Å². The third kappa shape index (κ3) is 2.29. The minimum absolute atomic E-state index is 0.272. The Morgan fingerprint density at radius 2 is 2.04 bits per heavy atom. The lowest BCUT2D eigenvalue weighted by molar-refractivity contribution is 0.229. The summed E-state index contributed by atoms with van der Waals surface area (Å²) in [7, 11) is 0. The van der Waals surface area contributed by atoms with Crippen molar-refractivity contribution in [1.29, 1.82) is 0 Å². The van der Waals surface area contributed by atoms with E-state index in [0.717, 1.165) is 45.7 Å². The maximum atomic E-state index is 13.2. The van der Waals surface area contributed by atoms with Crippen molar-refractivity contribution in [2.75, 3.05) is 0 Å². The third-order valence-corrected chi connectivity index (χ3v) is 6.04. The molecule has 6 nitrogen and oxygen atoms in total. The molecule has 1 aliphatic carbocycles. The first-order valence-electron chi connectivity index (χ1n) is 8.42. The fourth-order valence-electron chi connectivity index (χ4n) is 3.22. The fraction of sp³-hybridized carbons (Fsp3) is 0.278. The molecular formula is C18H16FN5OS. The summed E-state index contributed by atoms with van der Waals surface area (Å²) in [5.41, 5.74) is 7.53. The van der Waals surface area contributed by atoms with Gasteiger partial charge in [0.05, 0.1) is 21.8 Å². The smallest absolute Gasteiger partial charge is 0.268 e. The normalized spacial score (nSPS) is 16.1. The van der Waals surface area contributed by atoms with Crippen LogP contribution in [-0.2, 0) is 5.54 Å². The van der Waals surface area contributed by atoms with E-state index < -0.39 is 5.54 Å². The zero-order chi connectivity index (χ0) is 17.9. The highest BCUT2D eigenvalue weighted by Crippen LogP contribution is 2.40. The summed E-state index contributed by atoms with van der Waals surface area (Å²) < 4.78 is 20.5. The van der Waals surface area contributed by atoms with E-state index in [2.05, 4.69) is 15.2 Å². The molecule has 26 heavy (non-hydrogen) atoms. The lowest BCUT2D eigenvalue weighted by Gasteiger charge is -2.34. The molecule has 4 aromatic rings. The van der Waals surface area contributed by atoms with Gasteiger partial charge in [-0.05, 0) is 56.5 Å². The Kier molecular flexibility index (Phi) is 3.29. The topological polar surface area (TPSA) is 82.8 Å². The second-order valence-electron chi connectivity index (χ2n) is 6.74. The van der Waals surface area contributed by atoms with Crippen LogP contribution in [0.5, 0.6) is 0 Å². The number of aromatic nitrogens is 4. The molecule has 3 heterocycles. The van der Waals surface area contributed by atoms with Crippen molar-refractivity contribution in [3.05, 3.63) is 47.7 Å². The molecule has 2 N–H and O–H groups in total. The molecule has 0 atom stereocenters. The number of nitrogens with two attached hydrogens (primary N) is 1. The van der Waals surface area contributed by atoms with Gasteiger partial charge in [-0.2, -0.15) is 10.1 Å². The van der Waals surface area contributed by atoms with E-state index in [4.69, 9.17) is 10.3 Å². The molecule has 1 aromatic carbocycles. The highest BCUT2D eigenvalue weighted by Gasteiger charge is 2.39. The monoisotopic (exact) mass is 369 g/mol. The number of halogens is 1. The molecule has 1 fully saturated rings. The van der Waals surface area contributed by atoms with Gasteiger partial charge in [-0.3, -0.25) is 0 Å². The van der Waals surface area contributed by atoms with Gasteiger partial charge < -0.3 is 10.3 Å². The number of benzene rings is 1. The van der Waals surface area contributed by atoms with E-state index in [0.29, 0.717) is 11.7 Å². The second-order valence-corrected chi connectivity index (χ2v) is 7.77. The van der Waals surface area contributed by atoms with Crippen LogP contribution in [0.15, 0.2) is 34.9 Å². The SMILES string of the molecule is Cc1nn(-c2ccc(F)cc2)c2sc(-c3nc(C4(N)CCC4)no3)cc12. The molecule has 0 radical (unpaired) electrons. The largest absolute Gasteiger partial charge is 0.333 e. The quantitative estimate of drug-likeness (QED) is 0.592. The van der Waals surface area contributed by atoms with Crippen molar-refractivity contribution in [2.24, 2.45) is 5.73 Å². The van der Waals surface area contributed by atoms with Gasteiger partial charge in [-0.1, -0.05) is 5.16 Å².